The summed E-state index contributed by atoms with van der Waals surface area (Å²) < 4.78 is 1.63. The number of rotatable bonds is 2. The molecule has 1 rings (SSSR count). The molecule has 0 aromatic carbocycles. The molecule has 0 unspecified atom stereocenters. The predicted molar refractivity (Wildman–Crippen MR) is 54.8 cm³/mol. The van der Waals surface area contributed by atoms with Gasteiger partial charge in [0.1, 0.15) is 6.54 Å². The van der Waals surface area contributed by atoms with Crippen molar-refractivity contribution in [2.45, 2.75) is 20.4 Å². The molecule has 0 atom stereocenters. The Balaban J connectivity index is 2.88. The van der Waals surface area contributed by atoms with Crippen LogP contribution in [0.25, 0.3) is 0 Å². The average molecular weight is 196 g/mol. The summed E-state index contributed by atoms with van der Waals surface area (Å²) in [6.45, 7) is 3.94. The number of nitrogens with two attached hydrogens (primary N) is 1. The number of likely N-dealkylation sites (N-methyl/N-ethyl adjacent to an activating group) is 1. The van der Waals surface area contributed by atoms with Crippen molar-refractivity contribution in [1.82, 2.24) is 14.7 Å². The highest BCUT2D eigenvalue weighted by molar-refractivity contribution is 5.75. The number of aromatic nitrogens is 2. The fourth-order valence-electron chi connectivity index (χ4n) is 1.13. The summed E-state index contributed by atoms with van der Waals surface area (Å²) in [5, 5.41) is 4.18. The molecule has 0 aliphatic heterocycles. The van der Waals surface area contributed by atoms with E-state index in [2.05, 4.69) is 5.10 Å². The molecule has 0 spiro atoms. The van der Waals surface area contributed by atoms with Crippen molar-refractivity contribution in [3.8, 4) is 0 Å². The molecule has 0 radical (unpaired) electrons. The van der Waals surface area contributed by atoms with Gasteiger partial charge in [-0.2, -0.15) is 5.10 Å². The Morgan fingerprint density at radius 1 is 1.50 bits per heavy atom. The van der Waals surface area contributed by atoms with E-state index < -0.39 is 0 Å². The van der Waals surface area contributed by atoms with Gasteiger partial charge in [-0.05, 0) is 13.8 Å². The molecule has 2 N–H and O–H groups in total. The highest BCUT2D eigenvalue weighted by atomic mass is 16.2. The Morgan fingerprint density at radius 3 is 2.43 bits per heavy atom. The molecule has 5 heteroatoms. The quantitative estimate of drug-likeness (QED) is 0.733. The van der Waals surface area contributed by atoms with Crippen LogP contribution in [0.2, 0.25) is 0 Å². The molecular formula is C9H16N4O. The Morgan fingerprint density at radius 2 is 2.07 bits per heavy atom. The van der Waals surface area contributed by atoms with Gasteiger partial charge in [-0.3, -0.25) is 9.48 Å². The first kappa shape index (κ1) is 10.6. The van der Waals surface area contributed by atoms with Crippen LogP contribution < -0.4 is 5.73 Å². The van der Waals surface area contributed by atoms with Crippen LogP contribution in [-0.2, 0) is 11.3 Å². The molecule has 0 aliphatic carbocycles. The maximum atomic E-state index is 11.4. The fourth-order valence-corrected chi connectivity index (χ4v) is 1.13. The second-order valence-corrected chi connectivity index (χ2v) is 3.53. The molecule has 0 bridgehead atoms. The standard InChI is InChI=1S/C9H16N4O/c1-6-9(10)7(2)13(11-6)5-8(14)12(3)4/h5,10H2,1-4H3. The first-order valence-corrected chi connectivity index (χ1v) is 4.43. The summed E-state index contributed by atoms with van der Waals surface area (Å²) in [7, 11) is 3.44. The van der Waals surface area contributed by atoms with Crippen LogP contribution in [0, 0.1) is 13.8 Å². The Bertz CT molecular complexity index is 354. The van der Waals surface area contributed by atoms with Gasteiger partial charge in [-0.25, -0.2) is 0 Å². The molecule has 1 heterocycles. The van der Waals surface area contributed by atoms with Gasteiger partial charge in [0, 0.05) is 14.1 Å². The molecule has 14 heavy (non-hydrogen) atoms. The summed E-state index contributed by atoms with van der Waals surface area (Å²) in [6, 6.07) is 0. The SMILES string of the molecule is Cc1nn(CC(=O)N(C)C)c(C)c1N. The lowest BCUT2D eigenvalue weighted by molar-refractivity contribution is -0.129. The number of carbonyl (C=O) groups is 1. The molecule has 1 aromatic rings. The van der Waals surface area contributed by atoms with Crippen LogP contribution in [0.1, 0.15) is 11.4 Å². The van der Waals surface area contributed by atoms with Gasteiger partial charge in [-0.1, -0.05) is 0 Å². The van der Waals surface area contributed by atoms with E-state index in [9.17, 15) is 4.79 Å². The zero-order chi connectivity index (χ0) is 10.9. The van der Waals surface area contributed by atoms with Crippen molar-refractivity contribution in [2.75, 3.05) is 19.8 Å². The van der Waals surface area contributed by atoms with Crippen molar-refractivity contribution in [3.05, 3.63) is 11.4 Å². The van der Waals surface area contributed by atoms with Gasteiger partial charge >= 0.3 is 0 Å². The van der Waals surface area contributed by atoms with Crippen LogP contribution in [0.3, 0.4) is 0 Å². The number of nitrogen functional groups attached to an aromatic ring is 1. The Hall–Kier alpha value is -1.52. The summed E-state index contributed by atoms with van der Waals surface area (Å²) in [6.07, 6.45) is 0. The van der Waals surface area contributed by atoms with E-state index in [1.807, 2.05) is 13.8 Å². The van der Waals surface area contributed by atoms with Crippen molar-refractivity contribution in [2.24, 2.45) is 0 Å². The topological polar surface area (TPSA) is 64.2 Å². The molecule has 1 amide bonds. The molecule has 0 saturated heterocycles. The first-order valence-electron chi connectivity index (χ1n) is 4.43. The summed E-state index contributed by atoms with van der Waals surface area (Å²) >= 11 is 0. The number of carbonyl (C=O) groups excluding carboxylic acids is 1. The number of hydrogen-bond donors (Lipinski definition) is 1. The third kappa shape index (κ3) is 1.86. The highest BCUT2D eigenvalue weighted by Gasteiger charge is 2.11. The highest BCUT2D eigenvalue weighted by Crippen LogP contribution is 2.14. The third-order valence-electron chi connectivity index (χ3n) is 2.22. The van der Waals surface area contributed by atoms with Gasteiger partial charge in [0.25, 0.3) is 0 Å². The van der Waals surface area contributed by atoms with E-state index in [1.165, 1.54) is 4.90 Å². The molecule has 1 aromatic heterocycles. The van der Waals surface area contributed by atoms with E-state index in [1.54, 1.807) is 18.8 Å². The second-order valence-electron chi connectivity index (χ2n) is 3.53. The van der Waals surface area contributed by atoms with Crippen molar-refractivity contribution < 1.29 is 4.79 Å². The molecule has 0 saturated carbocycles. The second kappa shape index (κ2) is 3.69. The van der Waals surface area contributed by atoms with Gasteiger partial charge in [-0.15, -0.1) is 0 Å². The van der Waals surface area contributed by atoms with Crippen LogP contribution >= 0.6 is 0 Å². The van der Waals surface area contributed by atoms with Crippen molar-refractivity contribution >= 4 is 11.6 Å². The van der Waals surface area contributed by atoms with Gasteiger partial charge in [0.15, 0.2) is 0 Å². The van der Waals surface area contributed by atoms with Crippen molar-refractivity contribution in [1.29, 1.82) is 0 Å². The number of amides is 1. The fraction of sp³-hybridized carbons (Fsp3) is 0.556. The Kier molecular flexibility index (Phi) is 2.78. The van der Waals surface area contributed by atoms with Crippen molar-refractivity contribution in [3.63, 3.8) is 0 Å². The van der Waals surface area contributed by atoms with E-state index in [-0.39, 0.29) is 12.5 Å². The van der Waals surface area contributed by atoms with Gasteiger partial charge in [0.2, 0.25) is 5.91 Å². The van der Waals surface area contributed by atoms with Crippen LogP contribution in [0.15, 0.2) is 0 Å². The molecular weight excluding hydrogens is 180 g/mol. The smallest absolute Gasteiger partial charge is 0.243 e. The lowest BCUT2D eigenvalue weighted by Gasteiger charge is -2.10. The molecule has 5 nitrogen and oxygen atoms in total. The summed E-state index contributed by atoms with van der Waals surface area (Å²) in [5.74, 6) is 0.00981. The van der Waals surface area contributed by atoms with E-state index in [4.69, 9.17) is 5.73 Å². The van der Waals surface area contributed by atoms with Gasteiger partial charge in [0.05, 0.1) is 17.1 Å². The minimum Gasteiger partial charge on any atom is -0.396 e. The number of hydrogen-bond acceptors (Lipinski definition) is 3. The molecule has 78 valence electrons. The third-order valence-corrected chi connectivity index (χ3v) is 2.22. The minimum atomic E-state index is 0.00981. The van der Waals surface area contributed by atoms with Crippen LogP contribution in [-0.4, -0.2) is 34.7 Å². The maximum Gasteiger partial charge on any atom is 0.243 e. The molecule has 0 fully saturated rings. The van der Waals surface area contributed by atoms with E-state index >= 15 is 0 Å². The number of aryl methyl sites for hydroxylation is 1. The van der Waals surface area contributed by atoms with E-state index in [0.29, 0.717) is 5.69 Å². The average Bonchev–Trinajstić information content (AvgIpc) is 2.33. The minimum absolute atomic E-state index is 0.00981. The van der Waals surface area contributed by atoms with Gasteiger partial charge < -0.3 is 10.6 Å². The zero-order valence-corrected chi connectivity index (χ0v) is 9.03. The monoisotopic (exact) mass is 196 g/mol. The largest absolute Gasteiger partial charge is 0.396 e. The van der Waals surface area contributed by atoms with E-state index in [0.717, 1.165) is 11.4 Å². The van der Waals surface area contributed by atoms with Crippen LogP contribution in [0.4, 0.5) is 5.69 Å². The first-order chi connectivity index (χ1) is 6.43. The lowest BCUT2D eigenvalue weighted by Crippen LogP contribution is -2.27. The number of nitrogens with zero attached hydrogens (tertiary/aromatic N) is 3. The maximum absolute atomic E-state index is 11.4. The van der Waals surface area contributed by atoms with Crippen LogP contribution in [0.5, 0.6) is 0 Å². The predicted octanol–water partition coefficient (Wildman–Crippen LogP) is 0.170. The Labute approximate surface area is 83.5 Å². The normalized spacial score (nSPS) is 10.3. The lowest BCUT2D eigenvalue weighted by atomic mass is 10.3. The summed E-state index contributed by atoms with van der Waals surface area (Å²) in [5.41, 5.74) is 8.03. The molecule has 0 aliphatic rings. The zero-order valence-electron chi connectivity index (χ0n) is 9.03. The summed E-state index contributed by atoms with van der Waals surface area (Å²) in [4.78, 5) is 12.9. The number of anilines is 1.